The van der Waals surface area contributed by atoms with Crippen molar-refractivity contribution in [1.29, 1.82) is 0 Å². The highest BCUT2D eigenvalue weighted by atomic mass is 32.2. The Morgan fingerprint density at radius 2 is 1.75 bits per heavy atom. The van der Waals surface area contributed by atoms with Crippen molar-refractivity contribution >= 4 is 35.0 Å². The molecule has 0 bridgehead atoms. The number of rotatable bonds is 4. The largest absolute Gasteiger partial charge is 0.304 e. The van der Waals surface area contributed by atoms with E-state index >= 15 is 0 Å². The van der Waals surface area contributed by atoms with E-state index in [1.54, 1.807) is 21.9 Å². The molecule has 4 nitrogen and oxygen atoms in total. The van der Waals surface area contributed by atoms with Crippen molar-refractivity contribution in [3.05, 3.63) is 95.3 Å². The smallest absolute Gasteiger partial charge is 0.269 e. The minimum absolute atomic E-state index is 0.0944. The molecular weight excluding hydrogens is 423 g/mol. The van der Waals surface area contributed by atoms with Gasteiger partial charge in [-0.3, -0.25) is 14.5 Å². The van der Waals surface area contributed by atoms with Gasteiger partial charge in [-0.25, -0.2) is 4.39 Å². The summed E-state index contributed by atoms with van der Waals surface area (Å²) < 4.78 is 13.8. The molecule has 5 rings (SSSR count). The molecule has 2 heterocycles. The number of anilines is 2. The predicted molar refractivity (Wildman–Crippen MR) is 126 cm³/mol. The summed E-state index contributed by atoms with van der Waals surface area (Å²) >= 11 is 1.35. The summed E-state index contributed by atoms with van der Waals surface area (Å²) in [5, 5.41) is 0. The van der Waals surface area contributed by atoms with Crippen LogP contribution < -0.4 is 9.80 Å². The molecule has 0 radical (unpaired) electrons. The Balaban J connectivity index is 1.61. The molecule has 162 valence electrons. The van der Waals surface area contributed by atoms with Crippen LogP contribution in [0.1, 0.15) is 36.5 Å². The summed E-state index contributed by atoms with van der Waals surface area (Å²) in [6.07, 6.45) is 0. The first-order chi connectivity index (χ1) is 15.4. The molecule has 2 aliphatic rings. The third kappa shape index (κ3) is 3.13. The second-order valence-electron chi connectivity index (χ2n) is 8.45. The standard InChI is InChI=1S/C26H23FN2O2S/c1-17(2)19-10-12-21(13-11-19)29-24(30)16-32-26(29)22-8-3-4-9-23(22)28(25(26)31)15-18-6-5-7-20(27)14-18/h3-14,17H,15-16H2,1-2H3/t26-/m0/s1. The van der Waals surface area contributed by atoms with E-state index in [9.17, 15) is 14.0 Å². The SMILES string of the molecule is CC(C)c1ccc(N2C(=O)CS[C@@]23C(=O)N(Cc2cccc(F)c2)c2ccccc23)cc1. The van der Waals surface area contributed by atoms with Gasteiger partial charge in [-0.05, 0) is 47.4 Å². The van der Waals surface area contributed by atoms with Gasteiger partial charge in [0.25, 0.3) is 5.91 Å². The van der Waals surface area contributed by atoms with E-state index in [1.807, 2.05) is 48.5 Å². The molecule has 32 heavy (non-hydrogen) atoms. The molecule has 2 aliphatic heterocycles. The first-order valence-electron chi connectivity index (χ1n) is 10.6. The molecule has 1 spiro atoms. The molecule has 0 unspecified atom stereocenters. The van der Waals surface area contributed by atoms with Gasteiger partial charge >= 0.3 is 0 Å². The normalized spacial score (nSPS) is 20.0. The highest BCUT2D eigenvalue weighted by molar-refractivity contribution is 8.02. The highest BCUT2D eigenvalue weighted by Gasteiger charge is 2.60. The van der Waals surface area contributed by atoms with Gasteiger partial charge in [0.2, 0.25) is 10.8 Å². The maximum Gasteiger partial charge on any atom is 0.269 e. The maximum atomic E-state index is 14.0. The average Bonchev–Trinajstić information content (AvgIpc) is 3.25. The Kier molecular flexibility index (Phi) is 5.05. The van der Waals surface area contributed by atoms with Crippen LogP contribution in [-0.4, -0.2) is 17.6 Å². The minimum Gasteiger partial charge on any atom is -0.304 e. The Morgan fingerprint density at radius 1 is 1.00 bits per heavy atom. The lowest BCUT2D eigenvalue weighted by Gasteiger charge is -2.33. The van der Waals surface area contributed by atoms with Crippen molar-refractivity contribution in [3.63, 3.8) is 0 Å². The van der Waals surface area contributed by atoms with Crippen molar-refractivity contribution in [2.75, 3.05) is 15.6 Å². The third-order valence-corrected chi connectivity index (χ3v) is 7.50. The molecule has 6 heteroatoms. The van der Waals surface area contributed by atoms with Gasteiger partial charge in [-0.1, -0.05) is 56.3 Å². The van der Waals surface area contributed by atoms with Crippen LogP contribution in [0.15, 0.2) is 72.8 Å². The molecule has 0 N–H and O–H groups in total. The van der Waals surface area contributed by atoms with Crippen LogP contribution >= 0.6 is 11.8 Å². The third-order valence-electron chi connectivity index (χ3n) is 6.11. The number of thioether (sulfide) groups is 1. The first-order valence-corrected chi connectivity index (χ1v) is 11.6. The fraction of sp³-hybridized carbons (Fsp3) is 0.231. The van der Waals surface area contributed by atoms with Crippen molar-refractivity contribution in [2.45, 2.75) is 31.2 Å². The lowest BCUT2D eigenvalue weighted by molar-refractivity contribution is -0.123. The van der Waals surface area contributed by atoms with Crippen LogP contribution in [0.25, 0.3) is 0 Å². The maximum absolute atomic E-state index is 14.0. The van der Waals surface area contributed by atoms with Crippen LogP contribution in [-0.2, 0) is 21.0 Å². The monoisotopic (exact) mass is 446 g/mol. The number of amides is 2. The van der Waals surface area contributed by atoms with Gasteiger partial charge in [0.15, 0.2) is 0 Å². The van der Waals surface area contributed by atoms with Crippen LogP contribution in [0.3, 0.4) is 0 Å². The molecule has 2 amide bonds. The van der Waals surface area contributed by atoms with Crippen molar-refractivity contribution < 1.29 is 14.0 Å². The van der Waals surface area contributed by atoms with E-state index in [0.29, 0.717) is 17.2 Å². The molecule has 0 aliphatic carbocycles. The fourth-order valence-corrected chi connectivity index (χ4v) is 5.90. The van der Waals surface area contributed by atoms with E-state index in [-0.39, 0.29) is 29.9 Å². The molecular formula is C26H23FN2O2S. The minimum atomic E-state index is -1.15. The zero-order valence-electron chi connectivity index (χ0n) is 17.9. The molecule has 1 fully saturated rings. The lowest BCUT2D eigenvalue weighted by atomic mass is 10.0. The van der Waals surface area contributed by atoms with E-state index in [4.69, 9.17) is 0 Å². The Morgan fingerprint density at radius 3 is 2.47 bits per heavy atom. The Labute approximate surface area is 191 Å². The summed E-state index contributed by atoms with van der Waals surface area (Å²) in [5.74, 6) is -0.0127. The topological polar surface area (TPSA) is 40.6 Å². The van der Waals surface area contributed by atoms with Crippen LogP contribution in [0.4, 0.5) is 15.8 Å². The average molecular weight is 447 g/mol. The summed E-state index contributed by atoms with van der Waals surface area (Å²) in [4.78, 5) is 29.3. The summed E-state index contributed by atoms with van der Waals surface area (Å²) in [5.41, 5.74) is 4.14. The summed E-state index contributed by atoms with van der Waals surface area (Å²) in [6.45, 7) is 4.48. The molecule has 0 aromatic heterocycles. The van der Waals surface area contributed by atoms with Crippen molar-refractivity contribution in [3.8, 4) is 0 Å². The van der Waals surface area contributed by atoms with Gasteiger partial charge in [0, 0.05) is 11.3 Å². The van der Waals surface area contributed by atoms with Gasteiger partial charge in [0.1, 0.15) is 5.82 Å². The molecule has 1 atom stereocenters. The number of nitrogens with zero attached hydrogens (tertiary/aromatic N) is 2. The second-order valence-corrected chi connectivity index (χ2v) is 9.61. The molecule has 3 aromatic carbocycles. The number of hydrogen-bond acceptors (Lipinski definition) is 3. The quantitative estimate of drug-likeness (QED) is 0.537. The predicted octanol–water partition coefficient (Wildman–Crippen LogP) is 5.43. The van der Waals surface area contributed by atoms with Crippen LogP contribution in [0.5, 0.6) is 0 Å². The fourth-order valence-electron chi connectivity index (χ4n) is 4.54. The molecule has 0 saturated carbocycles. The highest BCUT2D eigenvalue weighted by Crippen LogP contribution is 2.55. The number of carbonyl (C=O) groups is 2. The lowest BCUT2D eigenvalue weighted by Crippen LogP contribution is -2.49. The number of para-hydroxylation sites is 1. The van der Waals surface area contributed by atoms with Gasteiger partial charge < -0.3 is 4.90 Å². The van der Waals surface area contributed by atoms with Gasteiger partial charge in [-0.2, -0.15) is 0 Å². The number of benzene rings is 3. The number of halogens is 1. The van der Waals surface area contributed by atoms with Gasteiger partial charge in [-0.15, -0.1) is 11.8 Å². The second kappa shape index (κ2) is 7.78. The molecule has 3 aromatic rings. The van der Waals surface area contributed by atoms with Crippen LogP contribution in [0.2, 0.25) is 0 Å². The van der Waals surface area contributed by atoms with E-state index in [1.165, 1.54) is 29.5 Å². The van der Waals surface area contributed by atoms with Gasteiger partial charge in [0.05, 0.1) is 18.0 Å². The first kappa shape index (κ1) is 20.8. The van der Waals surface area contributed by atoms with Crippen LogP contribution in [0, 0.1) is 5.82 Å². The number of carbonyl (C=O) groups excluding carboxylic acids is 2. The number of fused-ring (bicyclic) bond motifs is 2. The summed E-state index contributed by atoms with van der Waals surface area (Å²) in [6, 6.07) is 21.7. The van der Waals surface area contributed by atoms with E-state index in [2.05, 4.69) is 13.8 Å². The zero-order chi connectivity index (χ0) is 22.5. The Hall–Kier alpha value is -3.12. The van der Waals surface area contributed by atoms with Crippen molar-refractivity contribution in [2.24, 2.45) is 0 Å². The Bertz CT molecular complexity index is 1210. The van der Waals surface area contributed by atoms with E-state index in [0.717, 1.165) is 11.3 Å². The zero-order valence-corrected chi connectivity index (χ0v) is 18.7. The van der Waals surface area contributed by atoms with E-state index < -0.39 is 4.87 Å². The van der Waals surface area contributed by atoms with Crippen molar-refractivity contribution in [1.82, 2.24) is 0 Å². The number of hydrogen-bond donors (Lipinski definition) is 0. The molecule has 1 saturated heterocycles. The summed E-state index contributed by atoms with van der Waals surface area (Å²) in [7, 11) is 0.